The summed E-state index contributed by atoms with van der Waals surface area (Å²) in [6, 6.07) is 20.8. The summed E-state index contributed by atoms with van der Waals surface area (Å²) >= 11 is 1.80. The highest BCUT2D eigenvalue weighted by Gasteiger charge is 2.35. The number of thioether (sulfide) groups is 1. The zero-order chi connectivity index (χ0) is 23.5. The van der Waals surface area contributed by atoms with Crippen molar-refractivity contribution in [1.82, 2.24) is 9.78 Å². The number of fused-ring (bicyclic) bond motifs is 1. The standard InChI is InChI=1S/C29H36N2OS/c1-19(2)24-17-16-21(5)27-28(24)30-31(29(27)22-12-8-6-9-13-22)26(32)18-25(20(3)4)33-23-14-10-7-11-15-23/h6-15,19-21,24-25H,16-18H2,1-5H3/t21-,24+,25?/m1/s1. The minimum absolute atomic E-state index is 0.0973. The van der Waals surface area contributed by atoms with Crippen molar-refractivity contribution in [2.24, 2.45) is 11.8 Å². The third-order valence-corrected chi connectivity index (χ3v) is 8.50. The van der Waals surface area contributed by atoms with Crippen LogP contribution in [-0.4, -0.2) is 20.9 Å². The van der Waals surface area contributed by atoms with E-state index in [4.69, 9.17) is 5.10 Å². The Kier molecular flexibility index (Phi) is 7.43. The molecule has 1 heterocycles. The summed E-state index contributed by atoms with van der Waals surface area (Å²) in [5.74, 6) is 1.81. The molecule has 0 bridgehead atoms. The van der Waals surface area contributed by atoms with E-state index in [9.17, 15) is 4.79 Å². The molecule has 0 saturated heterocycles. The molecule has 2 aromatic carbocycles. The van der Waals surface area contributed by atoms with E-state index < -0.39 is 0 Å². The second kappa shape index (κ2) is 10.3. The van der Waals surface area contributed by atoms with E-state index in [1.807, 2.05) is 12.1 Å². The number of hydrogen-bond acceptors (Lipinski definition) is 3. The SMILES string of the molecule is CC(C)C(CC(=O)n1nc2c(c1-c1ccccc1)[C@H](C)CC[C@H]2C(C)C)Sc1ccccc1. The van der Waals surface area contributed by atoms with Crippen LogP contribution in [0.4, 0.5) is 0 Å². The summed E-state index contributed by atoms with van der Waals surface area (Å²) < 4.78 is 1.76. The number of rotatable bonds is 7. The van der Waals surface area contributed by atoms with Crippen molar-refractivity contribution in [2.45, 2.75) is 75.9 Å². The van der Waals surface area contributed by atoms with Gasteiger partial charge in [-0.1, -0.05) is 83.1 Å². The molecule has 174 valence electrons. The van der Waals surface area contributed by atoms with Gasteiger partial charge in [-0.15, -0.1) is 11.8 Å². The maximum atomic E-state index is 13.8. The van der Waals surface area contributed by atoms with Crippen molar-refractivity contribution >= 4 is 17.7 Å². The van der Waals surface area contributed by atoms with Gasteiger partial charge in [0.15, 0.2) is 0 Å². The maximum Gasteiger partial charge on any atom is 0.248 e. The zero-order valence-corrected chi connectivity index (χ0v) is 21.3. The van der Waals surface area contributed by atoms with E-state index in [0.717, 1.165) is 29.8 Å². The molecule has 0 fully saturated rings. The van der Waals surface area contributed by atoms with Crippen LogP contribution >= 0.6 is 11.8 Å². The summed E-state index contributed by atoms with van der Waals surface area (Å²) in [6.45, 7) is 11.3. The van der Waals surface area contributed by atoms with E-state index in [2.05, 4.69) is 83.1 Å². The van der Waals surface area contributed by atoms with Gasteiger partial charge in [0, 0.05) is 33.6 Å². The summed E-state index contributed by atoms with van der Waals surface area (Å²) in [7, 11) is 0. The number of hydrogen-bond donors (Lipinski definition) is 0. The third kappa shape index (κ3) is 5.11. The van der Waals surface area contributed by atoms with Crippen LogP contribution in [0, 0.1) is 11.8 Å². The average Bonchev–Trinajstić information content (AvgIpc) is 3.21. The van der Waals surface area contributed by atoms with Crippen molar-refractivity contribution in [3.05, 3.63) is 71.9 Å². The van der Waals surface area contributed by atoms with E-state index in [-0.39, 0.29) is 11.2 Å². The molecule has 4 rings (SSSR count). The number of carbonyl (C=O) groups is 1. The Hall–Kier alpha value is -2.33. The lowest BCUT2D eigenvalue weighted by molar-refractivity contribution is 0.0883. The van der Waals surface area contributed by atoms with E-state index >= 15 is 0 Å². The van der Waals surface area contributed by atoms with Crippen molar-refractivity contribution in [2.75, 3.05) is 0 Å². The zero-order valence-electron chi connectivity index (χ0n) is 20.5. The molecular weight excluding hydrogens is 424 g/mol. The Morgan fingerprint density at radius 1 is 1.00 bits per heavy atom. The first kappa shape index (κ1) is 23.8. The molecule has 1 aromatic heterocycles. The Bertz CT molecular complexity index is 1070. The van der Waals surface area contributed by atoms with Gasteiger partial charge in [0.25, 0.3) is 0 Å². The molecule has 0 saturated carbocycles. The minimum Gasteiger partial charge on any atom is -0.273 e. The van der Waals surface area contributed by atoms with E-state index in [1.165, 1.54) is 10.5 Å². The van der Waals surface area contributed by atoms with Gasteiger partial charge >= 0.3 is 0 Å². The predicted molar refractivity (Wildman–Crippen MR) is 139 cm³/mol. The highest BCUT2D eigenvalue weighted by atomic mass is 32.2. The molecule has 4 heteroatoms. The monoisotopic (exact) mass is 460 g/mol. The van der Waals surface area contributed by atoms with Crippen molar-refractivity contribution in [3.63, 3.8) is 0 Å². The quantitative estimate of drug-likeness (QED) is 0.335. The van der Waals surface area contributed by atoms with Gasteiger partial charge in [-0.05, 0) is 42.7 Å². The van der Waals surface area contributed by atoms with Crippen LogP contribution in [0.15, 0.2) is 65.6 Å². The van der Waals surface area contributed by atoms with Crippen molar-refractivity contribution in [3.8, 4) is 11.3 Å². The van der Waals surface area contributed by atoms with Crippen molar-refractivity contribution in [1.29, 1.82) is 0 Å². The highest BCUT2D eigenvalue weighted by molar-refractivity contribution is 8.00. The molecular formula is C29H36N2OS. The summed E-state index contributed by atoms with van der Waals surface area (Å²) in [5.41, 5.74) is 4.54. The Morgan fingerprint density at radius 3 is 2.24 bits per heavy atom. The van der Waals surface area contributed by atoms with Crippen LogP contribution in [0.3, 0.4) is 0 Å². The highest BCUT2D eigenvalue weighted by Crippen LogP contribution is 2.46. The number of nitrogens with zero attached hydrogens (tertiary/aromatic N) is 2. The molecule has 0 amide bonds. The Labute approximate surface area is 203 Å². The van der Waals surface area contributed by atoms with Crippen LogP contribution in [0.5, 0.6) is 0 Å². The average molecular weight is 461 g/mol. The van der Waals surface area contributed by atoms with Gasteiger partial charge < -0.3 is 0 Å². The summed E-state index contributed by atoms with van der Waals surface area (Å²) in [6.07, 6.45) is 2.76. The lowest BCUT2D eigenvalue weighted by Crippen LogP contribution is -2.23. The molecule has 0 spiro atoms. The molecule has 1 aliphatic carbocycles. The minimum atomic E-state index is 0.0973. The lowest BCUT2D eigenvalue weighted by Gasteiger charge is -2.28. The van der Waals surface area contributed by atoms with Crippen molar-refractivity contribution < 1.29 is 4.79 Å². The molecule has 3 nitrogen and oxygen atoms in total. The second-order valence-corrected chi connectivity index (χ2v) is 11.4. The van der Waals surface area contributed by atoms with Crippen LogP contribution < -0.4 is 0 Å². The van der Waals surface area contributed by atoms with E-state index in [1.54, 1.807) is 16.4 Å². The lowest BCUT2D eigenvalue weighted by atomic mass is 9.75. The summed E-state index contributed by atoms with van der Waals surface area (Å²) in [4.78, 5) is 15.0. The van der Waals surface area contributed by atoms with Crippen LogP contribution in [0.2, 0.25) is 0 Å². The van der Waals surface area contributed by atoms with Gasteiger partial charge in [-0.3, -0.25) is 4.79 Å². The van der Waals surface area contributed by atoms with Crippen LogP contribution in [-0.2, 0) is 0 Å². The molecule has 1 aliphatic rings. The van der Waals surface area contributed by atoms with Gasteiger partial charge in [-0.25, -0.2) is 0 Å². The van der Waals surface area contributed by atoms with E-state index in [0.29, 0.717) is 30.1 Å². The van der Waals surface area contributed by atoms with Gasteiger partial charge in [-0.2, -0.15) is 9.78 Å². The van der Waals surface area contributed by atoms with Gasteiger partial charge in [0.2, 0.25) is 5.91 Å². The maximum absolute atomic E-state index is 13.8. The number of benzene rings is 2. The molecule has 0 aliphatic heterocycles. The second-order valence-electron chi connectivity index (χ2n) is 10.1. The summed E-state index contributed by atoms with van der Waals surface area (Å²) in [5, 5.41) is 5.25. The normalized spacial score (nSPS) is 19.0. The molecule has 0 N–H and O–H groups in total. The third-order valence-electron chi connectivity index (χ3n) is 6.94. The molecule has 1 unspecified atom stereocenters. The largest absolute Gasteiger partial charge is 0.273 e. The first-order chi connectivity index (χ1) is 15.9. The van der Waals surface area contributed by atoms with Gasteiger partial charge in [0.1, 0.15) is 0 Å². The van der Waals surface area contributed by atoms with Gasteiger partial charge in [0.05, 0.1) is 11.4 Å². The molecule has 3 atom stereocenters. The Morgan fingerprint density at radius 2 is 1.64 bits per heavy atom. The molecule has 0 radical (unpaired) electrons. The van der Waals surface area contributed by atoms with Crippen LogP contribution in [0.25, 0.3) is 11.3 Å². The fraction of sp³-hybridized carbons (Fsp3) is 0.448. The smallest absolute Gasteiger partial charge is 0.248 e. The first-order valence-corrected chi connectivity index (χ1v) is 13.2. The fourth-order valence-corrected chi connectivity index (χ4v) is 6.13. The van der Waals surface area contributed by atoms with Crippen LogP contribution in [0.1, 0.15) is 81.8 Å². The Balaban J connectivity index is 1.74. The fourth-order valence-electron chi connectivity index (χ4n) is 4.97. The molecule has 33 heavy (non-hydrogen) atoms. The number of carbonyl (C=O) groups excluding carboxylic acids is 1. The molecule has 3 aromatic rings. The first-order valence-electron chi connectivity index (χ1n) is 12.3. The predicted octanol–water partition coefficient (Wildman–Crippen LogP) is 8.03. The topological polar surface area (TPSA) is 34.9 Å². The number of aromatic nitrogens is 2.